The molecule has 0 bridgehead atoms. The quantitative estimate of drug-likeness (QED) is 0.729. The van der Waals surface area contributed by atoms with Gasteiger partial charge in [-0.25, -0.2) is 0 Å². The molecule has 1 rings (SSSR count). The van der Waals surface area contributed by atoms with Gasteiger partial charge in [-0.1, -0.05) is 18.2 Å². The Balaban J connectivity index is 2.04. The number of ether oxygens (including phenoxy) is 1. The Morgan fingerprint density at radius 1 is 1.32 bits per heavy atom. The number of hydrogen-bond acceptors (Lipinski definition) is 3. The zero-order valence-corrected chi connectivity index (χ0v) is 12.1. The zero-order chi connectivity index (χ0) is 14.1. The lowest BCUT2D eigenvalue weighted by Crippen LogP contribution is -2.39. The van der Waals surface area contributed by atoms with Crippen LogP contribution in [0, 0.1) is 0 Å². The number of nitrogens with zero attached hydrogens (tertiary/aromatic N) is 1. The highest BCUT2D eigenvalue weighted by Crippen LogP contribution is 2.07. The molecular formula is C15H24N2O2. The van der Waals surface area contributed by atoms with Crippen LogP contribution in [0.15, 0.2) is 30.3 Å². The summed E-state index contributed by atoms with van der Waals surface area (Å²) in [5.41, 5.74) is 0. The normalized spacial score (nSPS) is 10.5. The lowest BCUT2D eigenvalue weighted by atomic mass is 10.3. The molecule has 0 radical (unpaired) electrons. The van der Waals surface area contributed by atoms with Gasteiger partial charge >= 0.3 is 0 Å². The van der Waals surface area contributed by atoms with Crippen molar-refractivity contribution in [2.75, 3.05) is 26.7 Å². The van der Waals surface area contributed by atoms with Crippen LogP contribution in [0.4, 0.5) is 0 Å². The molecule has 0 heterocycles. The van der Waals surface area contributed by atoms with Crippen molar-refractivity contribution in [2.45, 2.75) is 26.3 Å². The number of amides is 1. The molecule has 19 heavy (non-hydrogen) atoms. The first kappa shape index (κ1) is 15.5. The summed E-state index contributed by atoms with van der Waals surface area (Å²) < 4.78 is 5.56. The van der Waals surface area contributed by atoms with Crippen molar-refractivity contribution in [3.63, 3.8) is 0 Å². The molecular weight excluding hydrogens is 240 g/mol. The molecule has 0 saturated carbocycles. The lowest BCUT2D eigenvalue weighted by Gasteiger charge is -2.21. The predicted octanol–water partition coefficient (Wildman–Crippen LogP) is 1.91. The van der Waals surface area contributed by atoms with Crippen LogP contribution in [0.2, 0.25) is 0 Å². The minimum atomic E-state index is 0.124. The van der Waals surface area contributed by atoms with E-state index in [0.717, 1.165) is 18.7 Å². The van der Waals surface area contributed by atoms with Gasteiger partial charge < -0.3 is 15.0 Å². The van der Waals surface area contributed by atoms with Crippen molar-refractivity contribution in [1.82, 2.24) is 10.2 Å². The smallest absolute Gasteiger partial charge is 0.236 e. The largest absolute Gasteiger partial charge is 0.494 e. The van der Waals surface area contributed by atoms with Gasteiger partial charge in [0, 0.05) is 13.1 Å². The van der Waals surface area contributed by atoms with Crippen LogP contribution in [0.1, 0.15) is 20.3 Å². The summed E-state index contributed by atoms with van der Waals surface area (Å²) >= 11 is 0. The van der Waals surface area contributed by atoms with Crippen molar-refractivity contribution in [1.29, 1.82) is 0 Å². The molecule has 0 unspecified atom stereocenters. The van der Waals surface area contributed by atoms with E-state index in [-0.39, 0.29) is 11.9 Å². The van der Waals surface area contributed by atoms with E-state index in [1.807, 2.05) is 51.2 Å². The molecule has 1 N–H and O–H groups in total. The van der Waals surface area contributed by atoms with E-state index in [4.69, 9.17) is 4.74 Å². The van der Waals surface area contributed by atoms with Gasteiger partial charge in [0.25, 0.3) is 0 Å². The molecule has 0 aliphatic rings. The van der Waals surface area contributed by atoms with Gasteiger partial charge in [0.2, 0.25) is 5.91 Å². The molecule has 1 aromatic carbocycles. The lowest BCUT2D eigenvalue weighted by molar-refractivity contribution is -0.130. The Morgan fingerprint density at radius 2 is 2.00 bits per heavy atom. The molecule has 4 heteroatoms. The van der Waals surface area contributed by atoms with E-state index in [9.17, 15) is 4.79 Å². The molecule has 0 aliphatic carbocycles. The summed E-state index contributed by atoms with van der Waals surface area (Å²) in [6.07, 6.45) is 0.883. The molecule has 1 amide bonds. The highest BCUT2D eigenvalue weighted by Gasteiger charge is 2.10. The van der Waals surface area contributed by atoms with Crippen LogP contribution >= 0.6 is 0 Å². The summed E-state index contributed by atoms with van der Waals surface area (Å²) in [4.78, 5) is 13.4. The van der Waals surface area contributed by atoms with Crippen molar-refractivity contribution in [3.8, 4) is 5.75 Å². The number of benzene rings is 1. The Labute approximate surface area is 115 Å². The maximum absolute atomic E-state index is 11.7. The van der Waals surface area contributed by atoms with E-state index in [0.29, 0.717) is 13.2 Å². The highest BCUT2D eigenvalue weighted by molar-refractivity contribution is 5.78. The summed E-state index contributed by atoms with van der Waals surface area (Å²) in [6.45, 7) is 5.84. The second-order valence-electron chi connectivity index (χ2n) is 4.79. The molecule has 0 atom stereocenters. The van der Waals surface area contributed by atoms with Gasteiger partial charge in [-0.05, 0) is 38.9 Å². The molecule has 1 aromatic rings. The maximum Gasteiger partial charge on any atom is 0.236 e. The second-order valence-corrected chi connectivity index (χ2v) is 4.79. The van der Waals surface area contributed by atoms with Gasteiger partial charge in [-0.15, -0.1) is 0 Å². The van der Waals surface area contributed by atoms with E-state index in [2.05, 4.69) is 5.32 Å². The third-order valence-electron chi connectivity index (χ3n) is 2.95. The van der Waals surface area contributed by atoms with Gasteiger partial charge in [-0.2, -0.15) is 0 Å². The molecule has 4 nitrogen and oxygen atoms in total. The zero-order valence-electron chi connectivity index (χ0n) is 12.1. The van der Waals surface area contributed by atoms with Crippen LogP contribution < -0.4 is 10.1 Å². The van der Waals surface area contributed by atoms with Crippen LogP contribution in [-0.2, 0) is 4.79 Å². The van der Waals surface area contributed by atoms with Crippen molar-refractivity contribution >= 4 is 5.91 Å². The Morgan fingerprint density at radius 3 is 2.63 bits per heavy atom. The Bertz CT molecular complexity index is 366. The first-order valence-corrected chi connectivity index (χ1v) is 6.75. The summed E-state index contributed by atoms with van der Waals surface area (Å²) in [5.74, 6) is 1.01. The predicted molar refractivity (Wildman–Crippen MR) is 77.3 cm³/mol. The third-order valence-corrected chi connectivity index (χ3v) is 2.95. The molecule has 0 aromatic heterocycles. The minimum Gasteiger partial charge on any atom is -0.494 e. The number of carbonyl (C=O) groups is 1. The Kier molecular flexibility index (Phi) is 6.97. The fourth-order valence-corrected chi connectivity index (χ4v) is 1.51. The summed E-state index contributed by atoms with van der Waals surface area (Å²) in [6, 6.07) is 9.99. The number of para-hydroxylation sites is 1. The molecule has 0 saturated heterocycles. The number of nitrogens with one attached hydrogen (secondary N) is 1. The standard InChI is InChI=1S/C15H24N2O2/c1-13(2)17(3)15(18)12-16-10-7-11-19-14-8-5-4-6-9-14/h4-6,8-9,13,16H,7,10-12H2,1-3H3. The summed E-state index contributed by atoms with van der Waals surface area (Å²) in [5, 5.41) is 3.14. The first-order chi connectivity index (χ1) is 9.11. The van der Waals surface area contributed by atoms with Crippen molar-refractivity contribution < 1.29 is 9.53 Å². The average molecular weight is 264 g/mol. The van der Waals surface area contributed by atoms with Crippen molar-refractivity contribution in [2.24, 2.45) is 0 Å². The van der Waals surface area contributed by atoms with Gasteiger partial charge in [0.1, 0.15) is 5.75 Å². The van der Waals surface area contributed by atoms with Gasteiger partial charge in [-0.3, -0.25) is 4.79 Å². The van der Waals surface area contributed by atoms with E-state index >= 15 is 0 Å². The van der Waals surface area contributed by atoms with Crippen molar-refractivity contribution in [3.05, 3.63) is 30.3 Å². The summed E-state index contributed by atoms with van der Waals surface area (Å²) in [7, 11) is 1.83. The number of likely N-dealkylation sites (N-methyl/N-ethyl adjacent to an activating group) is 1. The molecule has 0 fully saturated rings. The fraction of sp³-hybridized carbons (Fsp3) is 0.533. The van der Waals surface area contributed by atoms with Crippen LogP contribution in [0.5, 0.6) is 5.75 Å². The second kappa shape index (κ2) is 8.53. The van der Waals surface area contributed by atoms with Crippen LogP contribution in [0.25, 0.3) is 0 Å². The fourth-order valence-electron chi connectivity index (χ4n) is 1.51. The molecule has 106 valence electrons. The first-order valence-electron chi connectivity index (χ1n) is 6.75. The topological polar surface area (TPSA) is 41.6 Å². The van der Waals surface area contributed by atoms with Gasteiger partial charge in [0.05, 0.1) is 13.2 Å². The van der Waals surface area contributed by atoms with Crippen LogP contribution in [-0.4, -0.2) is 43.6 Å². The third kappa shape index (κ3) is 6.25. The number of rotatable bonds is 8. The maximum atomic E-state index is 11.7. The van der Waals surface area contributed by atoms with E-state index in [1.54, 1.807) is 4.90 Å². The Hall–Kier alpha value is -1.55. The van der Waals surface area contributed by atoms with Gasteiger partial charge in [0.15, 0.2) is 0 Å². The van der Waals surface area contributed by atoms with E-state index < -0.39 is 0 Å². The van der Waals surface area contributed by atoms with Crippen LogP contribution in [0.3, 0.4) is 0 Å². The van der Waals surface area contributed by atoms with E-state index in [1.165, 1.54) is 0 Å². The molecule has 0 spiro atoms. The minimum absolute atomic E-state index is 0.124. The number of carbonyl (C=O) groups excluding carboxylic acids is 1. The average Bonchev–Trinajstić information content (AvgIpc) is 2.42. The monoisotopic (exact) mass is 264 g/mol. The highest BCUT2D eigenvalue weighted by atomic mass is 16.5. The molecule has 0 aliphatic heterocycles. The number of hydrogen-bond donors (Lipinski definition) is 1. The SMILES string of the molecule is CC(C)N(C)C(=O)CNCCCOc1ccccc1.